The van der Waals surface area contributed by atoms with Crippen molar-refractivity contribution in [3.05, 3.63) is 23.9 Å². The van der Waals surface area contributed by atoms with E-state index in [9.17, 15) is 4.79 Å². The number of likely N-dealkylation sites (tertiary alicyclic amines) is 1. The van der Waals surface area contributed by atoms with Crippen LogP contribution >= 0.6 is 0 Å². The fourth-order valence-corrected chi connectivity index (χ4v) is 4.95. The summed E-state index contributed by atoms with van der Waals surface area (Å²) in [6, 6.07) is 4.49. The Hall–Kier alpha value is -2.31. The maximum atomic E-state index is 12.8. The molecule has 30 heavy (non-hydrogen) atoms. The average Bonchev–Trinajstić information content (AvgIpc) is 3.49. The number of carbonyl (C=O) groups is 1. The minimum Gasteiger partial charge on any atom is -0.357 e. The Kier molecular flexibility index (Phi) is 7.07. The Morgan fingerprint density at radius 1 is 1.13 bits per heavy atom. The number of carbonyl (C=O) groups excluding carboxylic acids is 1. The first kappa shape index (κ1) is 20.9. The molecule has 0 bridgehead atoms. The Balaban J connectivity index is 1.25. The monoisotopic (exact) mass is 412 g/mol. The number of nitrogens with zero attached hydrogens (tertiary/aromatic N) is 4. The lowest BCUT2D eigenvalue weighted by Crippen LogP contribution is -2.45. The highest BCUT2D eigenvalue weighted by Crippen LogP contribution is 2.26. The van der Waals surface area contributed by atoms with Crippen LogP contribution in [0, 0.1) is 5.92 Å². The minimum absolute atomic E-state index is 0.256. The third-order valence-corrected chi connectivity index (χ3v) is 6.72. The summed E-state index contributed by atoms with van der Waals surface area (Å²) in [5, 5.41) is 6.94. The van der Waals surface area contributed by atoms with Crippen molar-refractivity contribution in [2.75, 3.05) is 38.1 Å². The smallest absolute Gasteiger partial charge is 0.225 e. The summed E-state index contributed by atoms with van der Waals surface area (Å²) < 4.78 is 0. The van der Waals surface area contributed by atoms with E-state index < -0.39 is 0 Å². The van der Waals surface area contributed by atoms with Gasteiger partial charge in [-0.15, -0.1) is 0 Å². The lowest BCUT2D eigenvalue weighted by molar-refractivity contribution is -0.135. The molecule has 7 heteroatoms. The summed E-state index contributed by atoms with van der Waals surface area (Å²) in [6.07, 6.45) is 11.2. The van der Waals surface area contributed by atoms with Gasteiger partial charge in [-0.3, -0.25) is 9.79 Å². The van der Waals surface area contributed by atoms with Crippen LogP contribution in [0.2, 0.25) is 0 Å². The number of aromatic nitrogens is 1. The Morgan fingerprint density at radius 2 is 1.93 bits per heavy atom. The van der Waals surface area contributed by atoms with E-state index in [1.165, 1.54) is 37.7 Å². The van der Waals surface area contributed by atoms with Crippen LogP contribution in [0.4, 0.5) is 5.82 Å². The summed E-state index contributed by atoms with van der Waals surface area (Å²) in [5.41, 5.74) is 1.20. The molecule has 0 spiro atoms. The molecule has 3 fully saturated rings. The van der Waals surface area contributed by atoms with E-state index in [0.29, 0.717) is 12.5 Å². The van der Waals surface area contributed by atoms with Crippen molar-refractivity contribution < 1.29 is 4.79 Å². The van der Waals surface area contributed by atoms with E-state index in [1.54, 1.807) is 7.05 Å². The van der Waals surface area contributed by atoms with Crippen LogP contribution in [0.1, 0.15) is 56.9 Å². The molecule has 1 saturated carbocycles. The van der Waals surface area contributed by atoms with Crippen molar-refractivity contribution >= 4 is 17.7 Å². The van der Waals surface area contributed by atoms with Gasteiger partial charge in [0.05, 0.1) is 0 Å². The molecule has 7 nitrogen and oxygen atoms in total. The quantitative estimate of drug-likeness (QED) is 0.574. The van der Waals surface area contributed by atoms with E-state index in [4.69, 9.17) is 0 Å². The molecule has 4 rings (SSSR count). The molecule has 3 aliphatic rings. The van der Waals surface area contributed by atoms with Gasteiger partial charge in [-0.05, 0) is 49.8 Å². The Labute approximate surface area is 180 Å². The molecule has 1 aromatic rings. The second-order valence-electron chi connectivity index (χ2n) is 8.89. The lowest BCUT2D eigenvalue weighted by Gasteiger charge is -2.26. The maximum Gasteiger partial charge on any atom is 0.225 e. The molecule has 2 saturated heterocycles. The van der Waals surface area contributed by atoms with Gasteiger partial charge in [-0.2, -0.15) is 0 Å². The third kappa shape index (κ3) is 5.24. The maximum absolute atomic E-state index is 12.8. The fourth-order valence-electron chi connectivity index (χ4n) is 4.95. The summed E-state index contributed by atoms with van der Waals surface area (Å²) in [5.74, 6) is 2.49. The predicted molar refractivity (Wildman–Crippen MR) is 121 cm³/mol. The van der Waals surface area contributed by atoms with Crippen molar-refractivity contribution in [3.8, 4) is 0 Å². The van der Waals surface area contributed by atoms with Gasteiger partial charge in [-0.25, -0.2) is 4.98 Å². The normalized spacial score (nSPS) is 23.1. The molecule has 1 atom stereocenters. The van der Waals surface area contributed by atoms with Crippen molar-refractivity contribution in [2.24, 2.45) is 10.9 Å². The van der Waals surface area contributed by atoms with Crippen molar-refractivity contribution in [1.82, 2.24) is 20.5 Å². The van der Waals surface area contributed by atoms with E-state index in [0.717, 1.165) is 57.2 Å². The van der Waals surface area contributed by atoms with Crippen LogP contribution < -0.4 is 15.5 Å². The number of amides is 1. The lowest BCUT2D eigenvalue weighted by atomic mass is 9.88. The Morgan fingerprint density at radius 3 is 2.70 bits per heavy atom. The molecule has 1 aromatic heterocycles. The molecular weight excluding hydrogens is 376 g/mol. The highest BCUT2D eigenvalue weighted by molar-refractivity contribution is 5.81. The third-order valence-electron chi connectivity index (χ3n) is 6.72. The number of hydrogen-bond acceptors (Lipinski definition) is 4. The second-order valence-corrected chi connectivity index (χ2v) is 8.89. The van der Waals surface area contributed by atoms with E-state index in [2.05, 4.69) is 42.5 Å². The number of pyridine rings is 1. The number of rotatable bonds is 5. The number of anilines is 1. The van der Waals surface area contributed by atoms with Gasteiger partial charge in [0.25, 0.3) is 0 Å². The first-order chi connectivity index (χ1) is 14.7. The molecule has 3 heterocycles. The van der Waals surface area contributed by atoms with E-state index >= 15 is 0 Å². The van der Waals surface area contributed by atoms with Crippen LogP contribution in [0.3, 0.4) is 0 Å². The van der Waals surface area contributed by atoms with Crippen molar-refractivity contribution in [1.29, 1.82) is 0 Å². The molecule has 0 aromatic carbocycles. The molecule has 164 valence electrons. The van der Waals surface area contributed by atoms with Gasteiger partial charge in [0.15, 0.2) is 5.96 Å². The van der Waals surface area contributed by atoms with Crippen LogP contribution in [0.25, 0.3) is 0 Å². The van der Waals surface area contributed by atoms with Gasteiger partial charge in [0.1, 0.15) is 5.82 Å². The van der Waals surface area contributed by atoms with Gasteiger partial charge in [-0.1, -0.05) is 19.3 Å². The molecule has 0 radical (unpaired) electrons. The van der Waals surface area contributed by atoms with Crippen molar-refractivity contribution in [2.45, 2.75) is 64.0 Å². The summed E-state index contributed by atoms with van der Waals surface area (Å²) in [4.78, 5) is 26.1. The van der Waals surface area contributed by atoms with Crippen LogP contribution in [0.5, 0.6) is 0 Å². The topological polar surface area (TPSA) is 72.9 Å². The fraction of sp³-hybridized carbons (Fsp3) is 0.696. The SMILES string of the molecule is CN=C(NCc1ccnc(N2CCCC2)c1)NC1CCN(C(=O)C2CCCCC2)C1. The molecule has 1 unspecified atom stereocenters. The minimum atomic E-state index is 0.256. The van der Waals surface area contributed by atoms with E-state index in [1.807, 2.05) is 6.20 Å². The van der Waals surface area contributed by atoms with Gasteiger partial charge < -0.3 is 20.4 Å². The standard InChI is InChI=1S/C23H36N6O/c1-24-23(26-16-18-9-11-25-21(15-18)28-12-5-6-13-28)27-20-10-14-29(17-20)22(30)19-7-3-2-4-8-19/h9,11,15,19-20H,2-8,10,12-14,16-17H2,1H3,(H2,24,26,27). The molecule has 1 amide bonds. The summed E-state index contributed by atoms with van der Waals surface area (Å²) in [7, 11) is 1.80. The predicted octanol–water partition coefficient (Wildman–Crippen LogP) is 2.53. The largest absolute Gasteiger partial charge is 0.357 e. The summed E-state index contributed by atoms with van der Waals surface area (Å²) >= 11 is 0. The highest BCUT2D eigenvalue weighted by Gasteiger charge is 2.31. The average molecular weight is 413 g/mol. The summed E-state index contributed by atoms with van der Waals surface area (Å²) in [6.45, 7) is 4.55. The van der Waals surface area contributed by atoms with Gasteiger partial charge >= 0.3 is 0 Å². The number of hydrogen-bond donors (Lipinski definition) is 2. The zero-order valence-electron chi connectivity index (χ0n) is 18.3. The van der Waals surface area contributed by atoms with Gasteiger partial charge in [0, 0.05) is 57.9 Å². The molecule has 2 N–H and O–H groups in total. The number of guanidine groups is 1. The van der Waals surface area contributed by atoms with Gasteiger partial charge in [0.2, 0.25) is 5.91 Å². The first-order valence-corrected chi connectivity index (χ1v) is 11.7. The van der Waals surface area contributed by atoms with Crippen LogP contribution in [-0.2, 0) is 11.3 Å². The zero-order chi connectivity index (χ0) is 20.8. The number of aliphatic imine (C=N–C) groups is 1. The molecule has 2 aliphatic heterocycles. The van der Waals surface area contributed by atoms with Crippen LogP contribution in [0.15, 0.2) is 23.3 Å². The first-order valence-electron chi connectivity index (χ1n) is 11.7. The van der Waals surface area contributed by atoms with Crippen molar-refractivity contribution in [3.63, 3.8) is 0 Å². The number of nitrogens with one attached hydrogen (secondary N) is 2. The highest BCUT2D eigenvalue weighted by atomic mass is 16.2. The zero-order valence-corrected chi connectivity index (χ0v) is 18.3. The molecular formula is C23H36N6O. The second kappa shape index (κ2) is 10.1. The van der Waals surface area contributed by atoms with Crippen LogP contribution in [-0.4, -0.2) is 61.0 Å². The van der Waals surface area contributed by atoms with E-state index in [-0.39, 0.29) is 12.0 Å². The molecule has 1 aliphatic carbocycles. The Bertz CT molecular complexity index is 739.